The van der Waals surface area contributed by atoms with E-state index in [0.717, 1.165) is 25.9 Å². The van der Waals surface area contributed by atoms with E-state index in [4.69, 9.17) is 14.6 Å². The van der Waals surface area contributed by atoms with Gasteiger partial charge >= 0.3 is 0 Å². The lowest BCUT2D eigenvalue weighted by atomic mass is 10.0. The number of methoxy groups -OCH3 is 1. The van der Waals surface area contributed by atoms with Crippen molar-refractivity contribution in [3.63, 3.8) is 0 Å². The summed E-state index contributed by atoms with van der Waals surface area (Å²) in [5.41, 5.74) is 0. The molecule has 2 rings (SSSR count). The first kappa shape index (κ1) is 16.3. The van der Waals surface area contributed by atoms with E-state index in [9.17, 15) is 8.42 Å². The predicted octanol–water partition coefficient (Wildman–Crippen LogP) is 0.0736. The van der Waals surface area contributed by atoms with Crippen LogP contribution in [0.3, 0.4) is 0 Å². The molecule has 21 heavy (non-hydrogen) atoms. The number of rotatable bonds is 7. The van der Waals surface area contributed by atoms with E-state index in [0.29, 0.717) is 25.4 Å². The largest absolute Gasteiger partial charge is 0.383 e. The lowest BCUT2D eigenvalue weighted by molar-refractivity contribution is 0.0110. The van der Waals surface area contributed by atoms with Gasteiger partial charge < -0.3 is 9.47 Å². The zero-order chi connectivity index (χ0) is 15.3. The van der Waals surface area contributed by atoms with Crippen molar-refractivity contribution >= 4 is 10.0 Å². The van der Waals surface area contributed by atoms with Crippen LogP contribution in [0.2, 0.25) is 0 Å². The number of hydrogen-bond donors (Lipinski definition) is 1. The van der Waals surface area contributed by atoms with E-state index in [2.05, 4.69) is 10.2 Å². The Hall–Kier alpha value is -1.03. The fourth-order valence-corrected chi connectivity index (χ4v) is 3.11. The molecule has 1 unspecified atom stereocenters. The van der Waals surface area contributed by atoms with Crippen molar-refractivity contribution in [2.75, 3.05) is 20.3 Å². The van der Waals surface area contributed by atoms with Crippen LogP contribution in [-0.4, -0.2) is 49.6 Å². The summed E-state index contributed by atoms with van der Waals surface area (Å²) in [5.74, 6) is 0.602. The summed E-state index contributed by atoms with van der Waals surface area (Å²) in [6, 6.07) is 0. The van der Waals surface area contributed by atoms with Gasteiger partial charge in [0.05, 0.1) is 12.7 Å². The maximum atomic E-state index is 11.5. The zero-order valence-corrected chi connectivity index (χ0v) is 13.0. The van der Waals surface area contributed by atoms with Gasteiger partial charge in [-0.1, -0.05) is 0 Å². The minimum Gasteiger partial charge on any atom is -0.383 e. The molecular weight excluding hydrogens is 296 g/mol. The Kier molecular flexibility index (Phi) is 5.68. The molecule has 1 aromatic heterocycles. The maximum Gasteiger partial charge on any atom is 0.273 e. The van der Waals surface area contributed by atoms with Crippen molar-refractivity contribution in [3.05, 3.63) is 5.82 Å². The van der Waals surface area contributed by atoms with Crippen LogP contribution in [-0.2, 0) is 32.5 Å². The van der Waals surface area contributed by atoms with Gasteiger partial charge in [0, 0.05) is 26.7 Å². The topological polar surface area (TPSA) is 109 Å². The third-order valence-electron chi connectivity index (χ3n) is 3.53. The second-order valence-electron chi connectivity index (χ2n) is 5.12. The van der Waals surface area contributed by atoms with Crippen molar-refractivity contribution in [1.29, 1.82) is 0 Å². The minimum atomic E-state index is -3.88. The summed E-state index contributed by atoms with van der Waals surface area (Å²) in [6.45, 7) is 1.52. The van der Waals surface area contributed by atoms with E-state index >= 15 is 0 Å². The van der Waals surface area contributed by atoms with Gasteiger partial charge in [0.25, 0.3) is 15.2 Å². The normalized spacial score (nSPS) is 19.8. The Morgan fingerprint density at radius 2 is 2.24 bits per heavy atom. The third-order valence-corrected chi connectivity index (χ3v) is 4.34. The molecule has 2 N–H and O–H groups in total. The molecule has 1 aliphatic rings. The maximum absolute atomic E-state index is 11.5. The SMILES string of the molecule is COCCn1c(CCC2CCCCO2)nnc1S(N)(=O)=O. The van der Waals surface area contributed by atoms with Crippen LogP contribution < -0.4 is 5.14 Å². The van der Waals surface area contributed by atoms with Crippen molar-refractivity contribution in [3.8, 4) is 0 Å². The molecule has 120 valence electrons. The molecule has 0 aromatic carbocycles. The van der Waals surface area contributed by atoms with Gasteiger partial charge in [0.2, 0.25) is 0 Å². The van der Waals surface area contributed by atoms with Crippen LogP contribution in [0.5, 0.6) is 0 Å². The van der Waals surface area contributed by atoms with Crippen LogP contribution in [0.1, 0.15) is 31.5 Å². The van der Waals surface area contributed by atoms with Crippen molar-refractivity contribution in [1.82, 2.24) is 14.8 Å². The van der Waals surface area contributed by atoms with E-state index in [1.165, 1.54) is 11.0 Å². The Bertz CT molecular complexity index is 552. The van der Waals surface area contributed by atoms with E-state index < -0.39 is 10.0 Å². The Morgan fingerprint density at radius 1 is 1.43 bits per heavy atom. The van der Waals surface area contributed by atoms with Gasteiger partial charge in [-0.2, -0.15) is 0 Å². The first-order valence-electron chi connectivity index (χ1n) is 7.08. The molecule has 8 nitrogen and oxygen atoms in total. The molecule has 1 aliphatic heterocycles. The molecule has 1 saturated heterocycles. The molecular formula is C12H22N4O4S. The lowest BCUT2D eigenvalue weighted by Crippen LogP contribution is -2.22. The average molecular weight is 318 g/mol. The van der Waals surface area contributed by atoms with Crippen molar-refractivity contribution in [2.45, 2.75) is 49.9 Å². The number of nitrogens with zero attached hydrogens (tertiary/aromatic N) is 3. The first-order chi connectivity index (χ1) is 10.0. The van der Waals surface area contributed by atoms with Crippen molar-refractivity contribution < 1.29 is 17.9 Å². The van der Waals surface area contributed by atoms with Gasteiger partial charge in [0.1, 0.15) is 5.82 Å². The molecule has 1 aromatic rings. The standard InChI is InChI=1S/C12H22N4O4S/c1-19-9-7-16-11(14-15-12(16)21(13,17)18)6-5-10-4-2-3-8-20-10/h10H,2-9H2,1H3,(H2,13,17,18). The molecule has 0 aliphatic carbocycles. The second-order valence-corrected chi connectivity index (χ2v) is 6.57. The quantitative estimate of drug-likeness (QED) is 0.762. The van der Waals surface area contributed by atoms with E-state index in [1.54, 1.807) is 7.11 Å². The van der Waals surface area contributed by atoms with Gasteiger partial charge in [0.15, 0.2) is 0 Å². The van der Waals surface area contributed by atoms with Gasteiger partial charge in [-0.25, -0.2) is 13.6 Å². The van der Waals surface area contributed by atoms with Crippen LogP contribution >= 0.6 is 0 Å². The van der Waals surface area contributed by atoms with E-state index in [-0.39, 0.29) is 11.3 Å². The number of primary sulfonamides is 1. The Balaban J connectivity index is 2.08. The zero-order valence-electron chi connectivity index (χ0n) is 12.2. The van der Waals surface area contributed by atoms with Crippen LogP contribution in [0.25, 0.3) is 0 Å². The molecule has 9 heteroatoms. The van der Waals surface area contributed by atoms with Crippen LogP contribution in [0.15, 0.2) is 5.16 Å². The van der Waals surface area contributed by atoms with Crippen LogP contribution in [0.4, 0.5) is 0 Å². The van der Waals surface area contributed by atoms with Crippen molar-refractivity contribution in [2.24, 2.45) is 5.14 Å². The van der Waals surface area contributed by atoms with Gasteiger partial charge in [-0.05, 0) is 25.7 Å². The molecule has 0 amide bonds. The molecule has 1 fully saturated rings. The average Bonchev–Trinajstić information content (AvgIpc) is 2.87. The number of nitrogens with two attached hydrogens (primary N) is 1. The minimum absolute atomic E-state index is 0.209. The fraction of sp³-hybridized carbons (Fsp3) is 0.833. The monoisotopic (exact) mass is 318 g/mol. The Labute approximate surface area is 124 Å². The van der Waals surface area contributed by atoms with Crippen LogP contribution in [0, 0.1) is 0 Å². The molecule has 0 spiro atoms. The molecule has 0 saturated carbocycles. The highest BCUT2D eigenvalue weighted by atomic mass is 32.2. The summed E-state index contributed by atoms with van der Waals surface area (Å²) in [5, 5.41) is 12.6. The van der Waals surface area contributed by atoms with Gasteiger partial charge in [-0.15, -0.1) is 10.2 Å². The number of sulfonamides is 1. The fourth-order valence-electron chi connectivity index (χ4n) is 2.45. The highest BCUT2D eigenvalue weighted by Gasteiger charge is 2.22. The van der Waals surface area contributed by atoms with E-state index in [1.807, 2.05) is 0 Å². The highest BCUT2D eigenvalue weighted by Crippen LogP contribution is 2.18. The second kappa shape index (κ2) is 7.30. The highest BCUT2D eigenvalue weighted by molar-refractivity contribution is 7.89. The third kappa shape index (κ3) is 4.47. The molecule has 1 atom stereocenters. The summed E-state index contributed by atoms with van der Waals surface area (Å²) in [7, 11) is -2.33. The lowest BCUT2D eigenvalue weighted by Gasteiger charge is -2.22. The molecule has 0 radical (unpaired) electrons. The Morgan fingerprint density at radius 3 is 2.86 bits per heavy atom. The summed E-state index contributed by atoms with van der Waals surface area (Å²) in [6.07, 6.45) is 4.93. The molecule has 0 bridgehead atoms. The number of aryl methyl sites for hydroxylation is 1. The smallest absolute Gasteiger partial charge is 0.273 e. The predicted molar refractivity (Wildman–Crippen MR) is 75.2 cm³/mol. The first-order valence-corrected chi connectivity index (χ1v) is 8.62. The summed E-state index contributed by atoms with van der Waals surface area (Å²) >= 11 is 0. The summed E-state index contributed by atoms with van der Waals surface area (Å²) in [4.78, 5) is 0. The number of aromatic nitrogens is 3. The van der Waals surface area contributed by atoms with Gasteiger partial charge in [-0.3, -0.25) is 4.57 Å². The molecule has 2 heterocycles. The number of ether oxygens (including phenoxy) is 2. The number of hydrogen-bond acceptors (Lipinski definition) is 6. The summed E-state index contributed by atoms with van der Waals surface area (Å²) < 4.78 is 35.2.